The number of anilines is 2. The van der Waals surface area contributed by atoms with Crippen LogP contribution in [0.1, 0.15) is 26.2 Å². The van der Waals surface area contributed by atoms with Gasteiger partial charge in [-0.05, 0) is 37.3 Å². The van der Waals surface area contributed by atoms with Gasteiger partial charge in [-0.1, -0.05) is 6.92 Å². The summed E-state index contributed by atoms with van der Waals surface area (Å²) in [6, 6.07) is 0.535. The molecule has 0 amide bonds. The molecule has 0 saturated carbocycles. The van der Waals surface area contributed by atoms with E-state index in [0.29, 0.717) is 6.04 Å². The van der Waals surface area contributed by atoms with E-state index in [1.54, 1.807) is 6.92 Å². The summed E-state index contributed by atoms with van der Waals surface area (Å²) in [4.78, 5) is 4.96. The molecular formula is C13H22N4O2S2. The summed E-state index contributed by atoms with van der Waals surface area (Å²) in [5, 5.41) is 0.739. The second-order valence-corrected chi connectivity index (χ2v) is 8.70. The molecule has 6 nitrogen and oxygen atoms in total. The van der Waals surface area contributed by atoms with Gasteiger partial charge in [0.05, 0.1) is 5.75 Å². The van der Waals surface area contributed by atoms with Gasteiger partial charge in [0.2, 0.25) is 0 Å². The highest BCUT2D eigenvalue weighted by Crippen LogP contribution is 2.37. The molecule has 0 spiro atoms. The Balaban J connectivity index is 1.93. The van der Waals surface area contributed by atoms with Crippen molar-refractivity contribution in [3.05, 3.63) is 0 Å². The molecule has 21 heavy (non-hydrogen) atoms. The Bertz CT molecular complexity index is 614. The zero-order chi connectivity index (χ0) is 15.0. The molecule has 1 unspecified atom stereocenters. The minimum absolute atomic E-state index is 0.0615. The topological polar surface area (TPSA) is 79.5 Å². The number of aromatic nitrogens is 1. The summed E-state index contributed by atoms with van der Waals surface area (Å²) in [5.74, 6) is 0.218. The van der Waals surface area contributed by atoms with Gasteiger partial charge in [0.25, 0.3) is 0 Å². The van der Waals surface area contributed by atoms with Crippen LogP contribution in [0.2, 0.25) is 0 Å². The van der Waals surface area contributed by atoms with Crippen LogP contribution in [0.3, 0.4) is 0 Å². The molecule has 2 fully saturated rings. The third-order valence-electron chi connectivity index (χ3n) is 4.44. The van der Waals surface area contributed by atoms with Gasteiger partial charge in [-0.2, -0.15) is 4.37 Å². The minimum Gasteiger partial charge on any atom is -0.382 e. The molecule has 8 heteroatoms. The van der Waals surface area contributed by atoms with E-state index in [2.05, 4.69) is 14.2 Å². The largest absolute Gasteiger partial charge is 0.382 e. The molecule has 1 aromatic rings. The van der Waals surface area contributed by atoms with Crippen molar-refractivity contribution in [3.8, 4) is 0 Å². The van der Waals surface area contributed by atoms with Crippen LogP contribution in [0.4, 0.5) is 10.8 Å². The van der Waals surface area contributed by atoms with Crippen molar-refractivity contribution in [2.75, 3.05) is 42.6 Å². The van der Waals surface area contributed by atoms with Gasteiger partial charge in [-0.25, -0.2) is 8.42 Å². The molecule has 0 radical (unpaired) electrons. The molecule has 1 aromatic heterocycles. The van der Waals surface area contributed by atoms with Crippen LogP contribution in [-0.2, 0) is 9.84 Å². The third-order valence-corrected chi connectivity index (χ3v) is 7.28. The van der Waals surface area contributed by atoms with Gasteiger partial charge < -0.3 is 10.6 Å². The van der Waals surface area contributed by atoms with Crippen molar-refractivity contribution in [2.24, 2.45) is 0 Å². The van der Waals surface area contributed by atoms with Gasteiger partial charge in [-0.15, -0.1) is 0 Å². The summed E-state index contributed by atoms with van der Waals surface area (Å²) in [6.07, 6.45) is 3.49. The molecule has 118 valence electrons. The van der Waals surface area contributed by atoms with E-state index >= 15 is 0 Å². The number of nitrogens with two attached hydrogens (primary N) is 1. The average Bonchev–Trinajstić information content (AvgIpc) is 3.00. The molecule has 0 aromatic carbocycles. The fourth-order valence-corrected chi connectivity index (χ4v) is 5.66. The van der Waals surface area contributed by atoms with Gasteiger partial charge in [0, 0.05) is 25.7 Å². The van der Waals surface area contributed by atoms with Crippen molar-refractivity contribution >= 4 is 32.2 Å². The lowest BCUT2D eigenvalue weighted by molar-refractivity contribution is 0.273. The van der Waals surface area contributed by atoms with Crippen molar-refractivity contribution in [3.63, 3.8) is 0 Å². The molecule has 1 atom stereocenters. The Morgan fingerprint density at radius 3 is 2.86 bits per heavy atom. The Kier molecular flexibility index (Phi) is 4.11. The second kappa shape index (κ2) is 5.73. The van der Waals surface area contributed by atoms with E-state index < -0.39 is 9.84 Å². The van der Waals surface area contributed by atoms with E-state index in [0.717, 1.165) is 31.1 Å². The molecule has 0 bridgehead atoms. The SMILES string of the molecule is CCS(=O)(=O)c1c(N)nsc1N1CCCN2CCCC2C1. The fourth-order valence-electron chi connectivity index (χ4n) is 3.31. The van der Waals surface area contributed by atoms with Crippen molar-refractivity contribution in [2.45, 2.75) is 37.1 Å². The fraction of sp³-hybridized carbons (Fsp3) is 0.769. The Morgan fingerprint density at radius 1 is 1.33 bits per heavy atom. The number of nitrogen functional groups attached to an aromatic ring is 1. The number of nitrogens with zero attached hydrogens (tertiary/aromatic N) is 3. The summed E-state index contributed by atoms with van der Waals surface area (Å²) in [6.45, 7) is 5.68. The van der Waals surface area contributed by atoms with Crippen molar-refractivity contribution in [1.82, 2.24) is 9.27 Å². The van der Waals surface area contributed by atoms with Gasteiger partial charge in [0.15, 0.2) is 15.7 Å². The number of hydrogen-bond donors (Lipinski definition) is 1. The standard InChI is InChI=1S/C13H22N4O2S2/c1-2-21(18,19)11-12(14)15-20-13(11)17-8-4-7-16-6-3-5-10(16)9-17/h10H,2-9H2,1H3,(H2,14,15). The Hall–Kier alpha value is -0.860. The number of sulfone groups is 1. The third kappa shape index (κ3) is 2.76. The van der Waals surface area contributed by atoms with Crippen LogP contribution in [0.15, 0.2) is 4.90 Å². The van der Waals surface area contributed by atoms with E-state index in [4.69, 9.17) is 5.73 Å². The molecule has 0 aliphatic carbocycles. The zero-order valence-electron chi connectivity index (χ0n) is 12.3. The van der Waals surface area contributed by atoms with Crippen LogP contribution in [0, 0.1) is 0 Å². The molecule has 3 rings (SSSR count). The first-order chi connectivity index (χ1) is 10.0. The normalized spacial score (nSPS) is 24.0. The predicted molar refractivity (Wildman–Crippen MR) is 85.7 cm³/mol. The first-order valence-electron chi connectivity index (χ1n) is 7.50. The van der Waals surface area contributed by atoms with E-state index in [1.807, 2.05) is 0 Å². The van der Waals surface area contributed by atoms with Crippen molar-refractivity contribution < 1.29 is 8.42 Å². The van der Waals surface area contributed by atoms with E-state index in [9.17, 15) is 8.42 Å². The van der Waals surface area contributed by atoms with Crippen molar-refractivity contribution in [1.29, 1.82) is 0 Å². The predicted octanol–water partition coefficient (Wildman–Crippen LogP) is 1.19. The molecule has 2 N–H and O–H groups in total. The summed E-state index contributed by atoms with van der Waals surface area (Å²) >= 11 is 1.22. The van der Waals surface area contributed by atoms with Crippen LogP contribution in [-0.4, -0.2) is 55.7 Å². The Labute approximate surface area is 130 Å². The maximum absolute atomic E-state index is 12.3. The van der Waals surface area contributed by atoms with Gasteiger partial charge in [-0.3, -0.25) is 4.90 Å². The number of rotatable bonds is 3. The molecule has 2 aliphatic rings. The Morgan fingerprint density at radius 2 is 2.10 bits per heavy atom. The quantitative estimate of drug-likeness (QED) is 0.897. The van der Waals surface area contributed by atoms with E-state index in [1.165, 1.54) is 30.9 Å². The summed E-state index contributed by atoms with van der Waals surface area (Å²) in [5.41, 5.74) is 5.84. The zero-order valence-corrected chi connectivity index (χ0v) is 13.9. The number of hydrogen-bond acceptors (Lipinski definition) is 7. The lowest BCUT2D eigenvalue weighted by atomic mass is 10.2. The second-order valence-electron chi connectivity index (χ2n) is 5.74. The summed E-state index contributed by atoms with van der Waals surface area (Å²) in [7, 11) is -3.33. The highest BCUT2D eigenvalue weighted by atomic mass is 32.2. The molecule has 2 aliphatic heterocycles. The van der Waals surface area contributed by atoms with Gasteiger partial charge in [0.1, 0.15) is 9.90 Å². The van der Waals surface area contributed by atoms with Crippen LogP contribution >= 0.6 is 11.5 Å². The van der Waals surface area contributed by atoms with Crippen LogP contribution in [0.25, 0.3) is 0 Å². The smallest absolute Gasteiger partial charge is 0.184 e. The highest BCUT2D eigenvalue weighted by Gasteiger charge is 2.33. The highest BCUT2D eigenvalue weighted by molar-refractivity contribution is 7.91. The van der Waals surface area contributed by atoms with Crippen LogP contribution < -0.4 is 10.6 Å². The van der Waals surface area contributed by atoms with E-state index in [-0.39, 0.29) is 16.5 Å². The first-order valence-corrected chi connectivity index (χ1v) is 9.92. The lowest BCUT2D eigenvalue weighted by Gasteiger charge is -2.26. The van der Waals surface area contributed by atoms with Gasteiger partial charge >= 0.3 is 0 Å². The maximum atomic E-state index is 12.3. The number of fused-ring (bicyclic) bond motifs is 1. The summed E-state index contributed by atoms with van der Waals surface area (Å²) < 4.78 is 28.7. The first kappa shape index (κ1) is 15.1. The average molecular weight is 330 g/mol. The molecule has 3 heterocycles. The monoisotopic (exact) mass is 330 g/mol. The lowest BCUT2D eigenvalue weighted by Crippen LogP contribution is -2.36. The maximum Gasteiger partial charge on any atom is 0.184 e. The van der Waals surface area contributed by atoms with Crippen LogP contribution in [0.5, 0.6) is 0 Å². The molecular weight excluding hydrogens is 308 g/mol. The molecule has 2 saturated heterocycles. The minimum atomic E-state index is -3.33.